The third kappa shape index (κ3) is 11.1. The number of esters is 2. The first-order chi connectivity index (χ1) is 17.5. The van der Waals surface area contributed by atoms with Crippen molar-refractivity contribution in [3.63, 3.8) is 0 Å². The third-order valence-electron chi connectivity index (χ3n) is 5.11. The van der Waals surface area contributed by atoms with E-state index < -0.39 is 49.6 Å². The Hall–Kier alpha value is -2.47. The van der Waals surface area contributed by atoms with Gasteiger partial charge in [-0.15, -0.1) is 0 Å². The predicted octanol–water partition coefficient (Wildman–Crippen LogP) is 4.49. The van der Waals surface area contributed by atoms with Crippen molar-refractivity contribution >= 4 is 31.5 Å². The van der Waals surface area contributed by atoms with E-state index in [9.17, 15) is 19.3 Å². The number of aromatic nitrogens is 2. The Morgan fingerprint density at radius 3 is 1.95 bits per heavy atom. The molecule has 0 bridgehead atoms. The van der Waals surface area contributed by atoms with Gasteiger partial charge in [0.05, 0.1) is 36.3 Å². The van der Waals surface area contributed by atoms with Crippen LogP contribution in [0.3, 0.4) is 0 Å². The highest BCUT2D eigenvalue weighted by Gasteiger charge is 2.32. The Balaban J connectivity index is 3.16. The van der Waals surface area contributed by atoms with Crippen molar-refractivity contribution in [2.45, 2.75) is 80.2 Å². The fourth-order valence-corrected chi connectivity index (χ4v) is 3.59. The molecule has 1 aromatic rings. The number of nitrogens with zero attached hydrogens (tertiary/aromatic N) is 2. The zero-order chi connectivity index (χ0) is 29.2. The number of carbonyl (C=O) groups is 2. The Morgan fingerprint density at radius 1 is 1.00 bits per heavy atom. The fourth-order valence-electron chi connectivity index (χ4n) is 2.65. The predicted molar refractivity (Wildman–Crippen MR) is 141 cm³/mol. The first kappa shape index (κ1) is 33.6. The van der Waals surface area contributed by atoms with Gasteiger partial charge < -0.3 is 24.6 Å². The molecule has 1 rings (SSSR count). The van der Waals surface area contributed by atoms with Gasteiger partial charge >= 0.3 is 19.7 Å². The number of aliphatic hydroxyl groups excluding tert-OH is 1. The molecule has 0 radical (unpaired) electrons. The first-order valence-electron chi connectivity index (χ1n) is 12.3. The summed E-state index contributed by atoms with van der Waals surface area (Å²) in [6.07, 6.45) is 3.78. The summed E-state index contributed by atoms with van der Waals surface area (Å²) in [4.78, 5) is 32.6. The van der Waals surface area contributed by atoms with Crippen LogP contribution in [-0.4, -0.2) is 59.9 Å². The Kier molecular flexibility index (Phi) is 12.4. The molecular weight excluding hydrogens is 519 g/mol. The van der Waals surface area contributed by atoms with E-state index in [2.05, 4.69) is 20.4 Å². The maximum absolute atomic E-state index is 13.5. The number of methoxy groups -OCH3 is 1. The molecule has 218 valence electrons. The molecular formula is C24H43N4O9P. The Labute approximate surface area is 224 Å². The minimum absolute atomic E-state index is 0.175. The van der Waals surface area contributed by atoms with E-state index in [-0.39, 0.29) is 24.1 Å². The molecule has 0 aliphatic carbocycles. The molecule has 0 fully saturated rings. The molecule has 0 aromatic carbocycles. The molecule has 14 heteroatoms. The number of ether oxygens (including phenoxy) is 3. The van der Waals surface area contributed by atoms with Crippen LogP contribution in [-0.2, 0) is 32.7 Å². The lowest BCUT2D eigenvalue weighted by molar-refractivity contribution is -0.161. The van der Waals surface area contributed by atoms with Gasteiger partial charge in [0.2, 0.25) is 19.5 Å². The molecule has 1 atom stereocenters. The summed E-state index contributed by atoms with van der Waals surface area (Å²) < 4.78 is 39.4. The number of rotatable bonds is 15. The van der Waals surface area contributed by atoms with Crippen molar-refractivity contribution in [1.82, 2.24) is 9.97 Å². The van der Waals surface area contributed by atoms with Gasteiger partial charge in [-0.3, -0.25) is 23.7 Å². The minimum atomic E-state index is -4.32. The summed E-state index contributed by atoms with van der Waals surface area (Å²) in [5, 5.41) is 15.6. The molecule has 0 amide bonds. The van der Waals surface area contributed by atoms with Crippen LogP contribution < -0.4 is 15.1 Å². The van der Waals surface area contributed by atoms with Crippen molar-refractivity contribution in [3.05, 3.63) is 6.20 Å². The standard InChI is InChI=1S/C24H43N4O9P/c1-10-11-12-24(8,14-29)27-18-17(33-9)13-25-21(26-18)28-38(32,36-15-34-19(30)22(2,3)4)37-16-35-20(31)23(5,6)7/h13,29H,10-12,14-16H2,1-9H3,(H2,25,26,27,28,32). The Morgan fingerprint density at radius 2 is 1.53 bits per heavy atom. The molecule has 0 saturated carbocycles. The minimum Gasteiger partial charge on any atom is -0.491 e. The van der Waals surface area contributed by atoms with Crippen molar-refractivity contribution < 1.29 is 42.5 Å². The normalized spacial score (nSPS) is 13.8. The van der Waals surface area contributed by atoms with Crippen molar-refractivity contribution in [2.24, 2.45) is 10.8 Å². The van der Waals surface area contributed by atoms with E-state index in [4.69, 9.17) is 23.3 Å². The molecule has 1 unspecified atom stereocenters. The van der Waals surface area contributed by atoms with Gasteiger partial charge in [-0.2, -0.15) is 4.98 Å². The summed E-state index contributed by atoms with van der Waals surface area (Å²) in [6.45, 7) is 12.2. The van der Waals surface area contributed by atoms with Crippen LogP contribution in [0.1, 0.15) is 74.7 Å². The second kappa shape index (κ2) is 14.1. The fraction of sp³-hybridized carbons (Fsp3) is 0.750. The monoisotopic (exact) mass is 562 g/mol. The first-order valence-corrected chi connectivity index (χ1v) is 13.8. The van der Waals surface area contributed by atoms with Crippen LogP contribution in [0.4, 0.5) is 11.8 Å². The number of anilines is 2. The van der Waals surface area contributed by atoms with Crippen LogP contribution in [0.2, 0.25) is 0 Å². The lowest BCUT2D eigenvalue weighted by atomic mass is 9.96. The molecule has 0 aliphatic rings. The highest BCUT2D eigenvalue weighted by atomic mass is 31.2. The van der Waals surface area contributed by atoms with Crippen LogP contribution >= 0.6 is 7.75 Å². The van der Waals surface area contributed by atoms with Gasteiger partial charge in [-0.05, 0) is 54.9 Å². The maximum atomic E-state index is 13.5. The molecule has 13 nitrogen and oxygen atoms in total. The van der Waals surface area contributed by atoms with Crippen molar-refractivity contribution in [1.29, 1.82) is 0 Å². The molecule has 0 saturated heterocycles. The molecule has 1 aromatic heterocycles. The van der Waals surface area contributed by atoms with Gasteiger partial charge in [0.1, 0.15) is 0 Å². The van der Waals surface area contributed by atoms with Gasteiger partial charge in [0.15, 0.2) is 11.6 Å². The van der Waals surface area contributed by atoms with Gasteiger partial charge in [0.25, 0.3) is 0 Å². The molecule has 3 N–H and O–H groups in total. The van der Waals surface area contributed by atoms with E-state index in [1.165, 1.54) is 13.3 Å². The number of aliphatic hydroxyl groups is 1. The quantitative estimate of drug-likeness (QED) is 0.156. The summed E-state index contributed by atoms with van der Waals surface area (Å²) in [5.41, 5.74) is -2.35. The second-order valence-corrected chi connectivity index (χ2v) is 12.8. The van der Waals surface area contributed by atoms with E-state index in [1.54, 1.807) is 41.5 Å². The van der Waals surface area contributed by atoms with Crippen LogP contribution in [0, 0.1) is 10.8 Å². The average molecular weight is 563 g/mol. The number of carbonyl (C=O) groups excluding carboxylic acids is 2. The lowest BCUT2D eigenvalue weighted by Gasteiger charge is -2.30. The van der Waals surface area contributed by atoms with Crippen molar-refractivity contribution in [2.75, 3.05) is 37.7 Å². The van der Waals surface area contributed by atoms with Crippen LogP contribution in [0.25, 0.3) is 0 Å². The van der Waals surface area contributed by atoms with Crippen LogP contribution in [0.5, 0.6) is 5.75 Å². The van der Waals surface area contributed by atoms with Gasteiger partial charge in [0, 0.05) is 0 Å². The lowest BCUT2D eigenvalue weighted by Crippen LogP contribution is -2.39. The average Bonchev–Trinajstić information content (AvgIpc) is 2.81. The Bertz CT molecular complexity index is 943. The van der Waals surface area contributed by atoms with Gasteiger partial charge in [-0.1, -0.05) is 19.8 Å². The summed E-state index contributed by atoms with van der Waals surface area (Å²) >= 11 is 0. The topological polar surface area (TPSA) is 167 Å². The van der Waals surface area contributed by atoms with Crippen LogP contribution in [0.15, 0.2) is 6.20 Å². The second-order valence-electron chi connectivity index (χ2n) is 11.0. The van der Waals surface area contributed by atoms with E-state index >= 15 is 0 Å². The molecule has 38 heavy (non-hydrogen) atoms. The molecule has 0 spiro atoms. The highest BCUT2D eigenvalue weighted by Crippen LogP contribution is 2.47. The zero-order valence-corrected chi connectivity index (χ0v) is 24.8. The number of hydrogen-bond acceptors (Lipinski definition) is 12. The SMILES string of the molecule is CCCCC(C)(CO)Nc1nc(NP(=O)(OCOC(=O)C(C)(C)C)OCOC(=O)C(C)(C)C)ncc1OC. The largest absolute Gasteiger partial charge is 0.491 e. The highest BCUT2D eigenvalue weighted by molar-refractivity contribution is 7.55. The molecule has 0 aliphatic heterocycles. The van der Waals surface area contributed by atoms with E-state index in [0.717, 1.165) is 12.8 Å². The van der Waals surface area contributed by atoms with Gasteiger partial charge in [-0.25, -0.2) is 9.55 Å². The molecule has 1 heterocycles. The van der Waals surface area contributed by atoms with E-state index in [0.29, 0.717) is 6.42 Å². The van der Waals surface area contributed by atoms with Crippen molar-refractivity contribution in [3.8, 4) is 5.75 Å². The summed E-state index contributed by atoms with van der Waals surface area (Å²) in [5.74, 6) is -0.864. The number of nitrogens with one attached hydrogen (secondary N) is 2. The third-order valence-corrected chi connectivity index (χ3v) is 6.48. The zero-order valence-electron chi connectivity index (χ0n) is 23.9. The smallest absolute Gasteiger partial charge is 0.440 e. The summed E-state index contributed by atoms with van der Waals surface area (Å²) in [7, 11) is -2.89. The number of hydrogen-bond donors (Lipinski definition) is 3. The maximum Gasteiger partial charge on any atom is 0.440 e. The summed E-state index contributed by atoms with van der Waals surface area (Å²) in [6, 6.07) is 0. The van der Waals surface area contributed by atoms with E-state index in [1.807, 2.05) is 13.8 Å². The number of unbranched alkanes of at least 4 members (excludes halogenated alkanes) is 1.